The predicted molar refractivity (Wildman–Crippen MR) is 81.1 cm³/mol. The van der Waals surface area contributed by atoms with Gasteiger partial charge in [0.1, 0.15) is 0 Å². The van der Waals surface area contributed by atoms with Crippen molar-refractivity contribution in [2.45, 2.75) is 39.7 Å². The van der Waals surface area contributed by atoms with Crippen LogP contribution in [0.1, 0.15) is 36.8 Å². The number of hydrogen-bond donors (Lipinski definition) is 1. The van der Waals surface area contributed by atoms with E-state index in [9.17, 15) is 0 Å². The number of rotatable bonds is 2. The van der Waals surface area contributed by atoms with Crippen molar-refractivity contribution in [1.82, 2.24) is 0 Å². The molecule has 0 bridgehead atoms. The third-order valence-corrected chi connectivity index (χ3v) is 4.27. The van der Waals surface area contributed by atoms with Crippen molar-refractivity contribution in [2.75, 3.05) is 0 Å². The topological polar surface area (TPSA) is 26.0 Å². The second-order valence-electron chi connectivity index (χ2n) is 5.72. The van der Waals surface area contributed by atoms with Crippen molar-refractivity contribution in [3.8, 4) is 11.1 Å². The lowest BCUT2D eigenvalue weighted by Gasteiger charge is -2.19. The van der Waals surface area contributed by atoms with Gasteiger partial charge in [0.2, 0.25) is 0 Å². The molecule has 2 rings (SSSR count). The molecule has 1 nitrogen and oxygen atoms in total. The van der Waals surface area contributed by atoms with E-state index in [1.165, 1.54) is 27.1 Å². The molecule has 1 heterocycles. The summed E-state index contributed by atoms with van der Waals surface area (Å²) in [5.74, 6) is 0. The monoisotopic (exact) mass is 259 g/mol. The summed E-state index contributed by atoms with van der Waals surface area (Å²) in [7, 11) is 0. The molecule has 0 spiro atoms. The Balaban J connectivity index is 2.43. The molecule has 2 aromatic rings. The fourth-order valence-electron chi connectivity index (χ4n) is 2.18. The second-order valence-corrected chi connectivity index (χ2v) is 6.81. The van der Waals surface area contributed by atoms with E-state index in [0.717, 1.165) is 0 Å². The largest absolute Gasteiger partial charge is 0.326 e. The molecule has 2 heteroatoms. The first-order chi connectivity index (χ1) is 8.43. The first-order valence-electron chi connectivity index (χ1n) is 6.31. The highest BCUT2D eigenvalue weighted by Crippen LogP contribution is 2.33. The molecule has 0 atom stereocenters. The molecular formula is C16H21NS. The molecule has 0 aliphatic carbocycles. The summed E-state index contributed by atoms with van der Waals surface area (Å²) in [6.07, 6.45) is 0. The van der Waals surface area contributed by atoms with E-state index in [4.69, 9.17) is 5.73 Å². The number of aryl methyl sites for hydroxylation is 1. The van der Waals surface area contributed by atoms with Gasteiger partial charge in [-0.3, -0.25) is 0 Å². The predicted octanol–water partition coefficient (Wildman–Crippen LogP) is 4.48. The quantitative estimate of drug-likeness (QED) is 0.845. The van der Waals surface area contributed by atoms with Crippen LogP contribution in [-0.2, 0) is 12.0 Å². The summed E-state index contributed by atoms with van der Waals surface area (Å²) in [4.78, 5) is 1.35. The Morgan fingerprint density at radius 1 is 1.11 bits per heavy atom. The SMILES string of the molecule is Cc1scc(CN)c1-c1ccc(C(C)(C)C)cc1. The van der Waals surface area contributed by atoms with Crippen molar-refractivity contribution in [2.24, 2.45) is 5.73 Å². The number of nitrogens with two attached hydrogens (primary N) is 1. The molecule has 0 radical (unpaired) electrons. The van der Waals surface area contributed by atoms with Gasteiger partial charge < -0.3 is 5.73 Å². The van der Waals surface area contributed by atoms with E-state index >= 15 is 0 Å². The summed E-state index contributed by atoms with van der Waals surface area (Å²) in [5, 5.41) is 2.17. The third-order valence-electron chi connectivity index (χ3n) is 3.31. The van der Waals surface area contributed by atoms with E-state index < -0.39 is 0 Å². The number of benzene rings is 1. The summed E-state index contributed by atoms with van der Waals surface area (Å²) in [5.41, 5.74) is 11.2. The molecule has 0 amide bonds. The maximum Gasteiger partial charge on any atom is 0.0192 e. The molecule has 0 unspecified atom stereocenters. The zero-order chi connectivity index (χ0) is 13.3. The summed E-state index contributed by atoms with van der Waals surface area (Å²) in [6.45, 7) is 9.49. The average Bonchev–Trinajstić information content (AvgIpc) is 2.69. The maximum atomic E-state index is 5.81. The normalized spacial score (nSPS) is 11.8. The van der Waals surface area contributed by atoms with Crippen LogP contribution in [0.3, 0.4) is 0 Å². The molecule has 0 aliphatic heterocycles. The minimum atomic E-state index is 0.207. The Labute approximate surface area is 114 Å². The second kappa shape index (κ2) is 4.87. The molecule has 18 heavy (non-hydrogen) atoms. The number of hydrogen-bond acceptors (Lipinski definition) is 2. The van der Waals surface area contributed by atoms with Gasteiger partial charge in [-0.25, -0.2) is 0 Å². The minimum absolute atomic E-state index is 0.207. The zero-order valence-electron chi connectivity index (χ0n) is 11.6. The maximum absolute atomic E-state index is 5.81. The van der Waals surface area contributed by atoms with Crippen LogP contribution in [0.5, 0.6) is 0 Å². The first kappa shape index (κ1) is 13.3. The highest BCUT2D eigenvalue weighted by Gasteiger charge is 2.14. The fraction of sp³-hybridized carbons (Fsp3) is 0.375. The summed E-state index contributed by atoms with van der Waals surface area (Å²) >= 11 is 1.78. The third kappa shape index (κ3) is 2.50. The molecular weight excluding hydrogens is 238 g/mol. The van der Waals surface area contributed by atoms with Crippen LogP contribution < -0.4 is 5.73 Å². The van der Waals surface area contributed by atoms with E-state index in [0.29, 0.717) is 6.54 Å². The van der Waals surface area contributed by atoms with E-state index in [-0.39, 0.29) is 5.41 Å². The van der Waals surface area contributed by atoms with Gasteiger partial charge in [0.05, 0.1) is 0 Å². The molecule has 0 saturated heterocycles. The van der Waals surface area contributed by atoms with Gasteiger partial charge in [-0.1, -0.05) is 45.0 Å². The van der Waals surface area contributed by atoms with Crippen LogP contribution >= 0.6 is 11.3 Å². The molecule has 0 saturated carbocycles. The lowest BCUT2D eigenvalue weighted by molar-refractivity contribution is 0.590. The zero-order valence-corrected chi connectivity index (χ0v) is 12.4. The Bertz CT molecular complexity index is 529. The van der Waals surface area contributed by atoms with Crippen molar-refractivity contribution in [3.05, 3.63) is 45.6 Å². The van der Waals surface area contributed by atoms with Gasteiger partial charge in [0.15, 0.2) is 0 Å². The van der Waals surface area contributed by atoms with Crippen molar-refractivity contribution >= 4 is 11.3 Å². The van der Waals surface area contributed by atoms with E-state index in [1.54, 1.807) is 11.3 Å². The lowest BCUT2D eigenvalue weighted by atomic mass is 9.86. The van der Waals surface area contributed by atoms with Crippen LogP contribution in [0.15, 0.2) is 29.6 Å². The van der Waals surface area contributed by atoms with Crippen molar-refractivity contribution in [1.29, 1.82) is 0 Å². The standard InChI is InChI=1S/C16H21NS/c1-11-15(13(9-17)10-18-11)12-5-7-14(8-6-12)16(2,3)4/h5-8,10H,9,17H2,1-4H3. The van der Waals surface area contributed by atoms with Gasteiger partial charge >= 0.3 is 0 Å². The van der Waals surface area contributed by atoms with E-state index in [2.05, 4.69) is 57.3 Å². The van der Waals surface area contributed by atoms with Crippen LogP contribution in [0.4, 0.5) is 0 Å². The Hall–Kier alpha value is -1.12. The van der Waals surface area contributed by atoms with Crippen molar-refractivity contribution < 1.29 is 0 Å². The Morgan fingerprint density at radius 3 is 2.22 bits per heavy atom. The van der Waals surface area contributed by atoms with Crippen LogP contribution in [0, 0.1) is 6.92 Å². The van der Waals surface area contributed by atoms with Gasteiger partial charge in [0.25, 0.3) is 0 Å². The fourth-order valence-corrected chi connectivity index (χ4v) is 3.08. The summed E-state index contributed by atoms with van der Waals surface area (Å²) in [6, 6.07) is 8.89. The van der Waals surface area contributed by atoms with Crippen LogP contribution in [0.25, 0.3) is 11.1 Å². The summed E-state index contributed by atoms with van der Waals surface area (Å²) < 4.78 is 0. The van der Waals surface area contributed by atoms with Gasteiger partial charge in [-0.15, -0.1) is 11.3 Å². The molecule has 96 valence electrons. The molecule has 1 aromatic carbocycles. The first-order valence-corrected chi connectivity index (χ1v) is 7.19. The minimum Gasteiger partial charge on any atom is -0.326 e. The van der Waals surface area contributed by atoms with Crippen LogP contribution in [0.2, 0.25) is 0 Å². The average molecular weight is 259 g/mol. The van der Waals surface area contributed by atoms with Gasteiger partial charge in [0, 0.05) is 11.4 Å². The molecule has 2 N–H and O–H groups in total. The smallest absolute Gasteiger partial charge is 0.0192 e. The highest BCUT2D eigenvalue weighted by atomic mass is 32.1. The Morgan fingerprint density at radius 2 is 1.72 bits per heavy atom. The Kier molecular flexibility index (Phi) is 3.60. The van der Waals surface area contributed by atoms with Gasteiger partial charge in [-0.05, 0) is 40.0 Å². The van der Waals surface area contributed by atoms with Crippen LogP contribution in [-0.4, -0.2) is 0 Å². The molecule has 0 aliphatic rings. The van der Waals surface area contributed by atoms with E-state index in [1.807, 2.05) is 0 Å². The number of thiophene rings is 1. The van der Waals surface area contributed by atoms with Crippen molar-refractivity contribution in [3.63, 3.8) is 0 Å². The molecule has 1 aromatic heterocycles. The molecule has 0 fully saturated rings. The highest BCUT2D eigenvalue weighted by molar-refractivity contribution is 7.10. The van der Waals surface area contributed by atoms with Gasteiger partial charge in [-0.2, -0.15) is 0 Å². The lowest BCUT2D eigenvalue weighted by Crippen LogP contribution is -2.10.